The number of carboxylic acids is 1. The molecule has 1 aliphatic heterocycles. The van der Waals surface area contributed by atoms with Gasteiger partial charge in [0.1, 0.15) is 6.04 Å². The highest BCUT2D eigenvalue weighted by molar-refractivity contribution is 5.72. The first-order valence-corrected chi connectivity index (χ1v) is 5.92. The highest BCUT2D eigenvalue weighted by Crippen LogP contribution is 2.42. The van der Waals surface area contributed by atoms with Crippen molar-refractivity contribution in [3.63, 3.8) is 0 Å². The number of benzene rings is 1. The molecule has 0 aliphatic carbocycles. The number of rotatable bonds is 5. The van der Waals surface area contributed by atoms with E-state index in [0.717, 1.165) is 5.56 Å². The summed E-state index contributed by atoms with van der Waals surface area (Å²) in [6, 6.07) is 3.12. The Bertz CT molecular complexity index is 488. The average molecular weight is 267 g/mol. The maximum atomic E-state index is 10.9. The number of likely N-dealkylation sites (N-methyl/N-ethyl adjacent to an activating group) is 1. The summed E-state index contributed by atoms with van der Waals surface area (Å²) < 4.78 is 15.9. The van der Waals surface area contributed by atoms with Gasteiger partial charge in [-0.1, -0.05) is 0 Å². The third kappa shape index (κ3) is 2.73. The zero-order valence-electron chi connectivity index (χ0n) is 11.2. The lowest BCUT2D eigenvalue weighted by Crippen LogP contribution is -2.35. The van der Waals surface area contributed by atoms with Crippen LogP contribution in [0.2, 0.25) is 0 Å². The lowest BCUT2D eigenvalue weighted by Gasteiger charge is -2.21. The van der Waals surface area contributed by atoms with Crippen molar-refractivity contribution in [1.82, 2.24) is 4.90 Å². The molecule has 0 radical (unpaired) electrons. The van der Waals surface area contributed by atoms with Gasteiger partial charge >= 0.3 is 5.97 Å². The fraction of sp³-hybridized carbons (Fsp3) is 0.462. The fourth-order valence-corrected chi connectivity index (χ4v) is 1.89. The second-order valence-corrected chi connectivity index (χ2v) is 4.46. The highest BCUT2D eigenvalue weighted by Gasteiger charge is 2.22. The van der Waals surface area contributed by atoms with E-state index >= 15 is 0 Å². The van der Waals surface area contributed by atoms with Crippen LogP contribution in [0, 0.1) is 0 Å². The van der Waals surface area contributed by atoms with E-state index in [1.807, 2.05) is 12.1 Å². The number of carboxylic acid groups (broad SMARTS) is 1. The molecule has 104 valence electrons. The Morgan fingerprint density at radius 2 is 2.26 bits per heavy atom. The van der Waals surface area contributed by atoms with Crippen LogP contribution in [0.15, 0.2) is 12.1 Å². The number of aliphatic carboxylic acids is 1. The van der Waals surface area contributed by atoms with Crippen LogP contribution in [0.4, 0.5) is 0 Å². The number of carbonyl (C=O) groups is 1. The van der Waals surface area contributed by atoms with Gasteiger partial charge in [0.05, 0.1) is 7.11 Å². The Morgan fingerprint density at radius 3 is 2.89 bits per heavy atom. The quantitative estimate of drug-likeness (QED) is 0.868. The molecule has 1 aliphatic rings. The summed E-state index contributed by atoms with van der Waals surface area (Å²) in [6.07, 6.45) is 0. The molecule has 19 heavy (non-hydrogen) atoms. The van der Waals surface area contributed by atoms with Crippen LogP contribution in [0.3, 0.4) is 0 Å². The molecule has 0 saturated heterocycles. The summed E-state index contributed by atoms with van der Waals surface area (Å²) in [4.78, 5) is 12.7. The Morgan fingerprint density at radius 1 is 1.53 bits per heavy atom. The second kappa shape index (κ2) is 5.36. The van der Waals surface area contributed by atoms with Gasteiger partial charge in [-0.05, 0) is 31.7 Å². The smallest absolute Gasteiger partial charge is 0.320 e. The monoisotopic (exact) mass is 267 g/mol. The molecule has 6 heteroatoms. The molecule has 0 fully saturated rings. The molecular formula is C13H17NO5. The lowest BCUT2D eigenvalue weighted by atomic mass is 10.1. The van der Waals surface area contributed by atoms with Gasteiger partial charge < -0.3 is 19.3 Å². The number of nitrogens with zero attached hydrogens (tertiary/aromatic N) is 1. The van der Waals surface area contributed by atoms with Crippen molar-refractivity contribution in [2.24, 2.45) is 0 Å². The summed E-state index contributed by atoms with van der Waals surface area (Å²) in [5.41, 5.74) is 0.914. The molecule has 1 N–H and O–H groups in total. The number of hydrogen-bond donors (Lipinski definition) is 1. The van der Waals surface area contributed by atoms with E-state index in [9.17, 15) is 4.79 Å². The van der Waals surface area contributed by atoms with Crippen LogP contribution in [0.1, 0.15) is 12.5 Å². The van der Waals surface area contributed by atoms with Gasteiger partial charge in [-0.15, -0.1) is 0 Å². The predicted octanol–water partition coefficient (Wildman–Crippen LogP) is 1.33. The summed E-state index contributed by atoms with van der Waals surface area (Å²) in [7, 11) is 3.32. The minimum absolute atomic E-state index is 0.177. The molecule has 2 rings (SSSR count). The van der Waals surface area contributed by atoms with Gasteiger partial charge in [0, 0.05) is 6.54 Å². The first-order chi connectivity index (χ1) is 9.02. The standard InChI is InChI=1S/C13H17NO5/c1-8(13(15)16)14(2)6-9-4-10(17-3)12-11(5-9)18-7-19-12/h4-5,8H,6-7H2,1-3H3,(H,15,16). The summed E-state index contributed by atoms with van der Waals surface area (Å²) in [5.74, 6) is 0.975. The minimum Gasteiger partial charge on any atom is -0.493 e. The van der Waals surface area contributed by atoms with Crippen LogP contribution in [0.25, 0.3) is 0 Å². The van der Waals surface area contributed by atoms with Gasteiger partial charge in [-0.3, -0.25) is 9.69 Å². The molecule has 1 atom stereocenters. The zero-order valence-corrected chi connectivity index (χ0v) is 11.2. The van der Waals surface area contributed by atoms with Crippen molar-refractivity contribution in [2.75, 3.05) is 21.0 Å². The molecule has 0 aromatic heterocycles. The number of fused-ring (bicyclic) bond motifs is 1. The highest BCUT2D eigenvalue weighted by atomic mass is 16.7. The Labute approximate surface area is 111 Å². The maximum absolute atomic E-state index is 10.9. The maximum Gasteiger partial charge on any atom is 0.320 e. The minimum atomic E-state index is -0.852. The van der Waals surface area contributed by atoms with E-state index in [-0.39, 0.29) is 6.79 Å². The van der Waals surface area contributed by atoms with Crippen LogP contribution in [-0.2, 0) is 11.3 Å². The van der Waals surface area contributed by atoms with Gasteiger partial charge in [-0.25, -0.2) is 0 Å². The van der Waals surface area contributed by atoms with E-state index in [0.29, 0.717) is 23.8 Å². The lowest BCUT2D eigenvalue weighted by molar-refractivity contribution is -0.142. The van der Waals surface area contributed by atoms with Gasteiger partial charge in [0.25, 0.3) is 0 Å². The van der Waals surface area contributed by atoms with E-state index in [1.54, 1.807) is 26.0 Å². The number of methoxy groups -OCH3 is 1. The molecule has 1 unspecified atom stereocenters. The SMILES string of the molecule is COc1cc(CN(C)C(C)C(=O)O)cc2c1OCO2. The average Bonchev–Trinajstić information content (AvgIpc) is 2.84. The molecule has 0 bridgehead atoms. The molecule has 0 spiro atoms. The first kappa shape index (κ1) is 13.5. The Kier molecular flexibility index (Phi) is 3.80. The van der Waals surface area contributed by atoms with E-state index in [1.165, 1.54) is 0 Å². The summed E-state index contributed by atoms with van der Waals surface area (Å²) in [5, 5.41) is 8.98. The van der Waals surface area contributed by atoms with Crippen LogP contribution >= 0.6 is 0 Å². The molecule has 0 amide bonds. The molecule has 1 aromatic carbocycles. The van der Waals surface area contributed by atoms with Crippen molar-refractivity contribution in [3.8, 4) is 17.2 Å². The van der Waals surface area contributed by atoms with Gasteiger partial charge in [-0.2, -0.15) is 0 Å². The molecule has 0 saturated carbocycles. The Balaban J connectivity index is 2.20. The predicted molar refractivity (Wildman–Crippen MR) is 67.7 cm³/mol. The van der Waals surface area contributed by atoms with Crippen molar-refractivity contribution in [3.05, 3.63) is 17.7 Å². The molecule has 1 aromatic rings. The van der Waals surface area contributed by atoms with Crippen molar-refractivity contribution in [1.29, 1.82) is 0 Å². The summed E-state index contributed by atoms with van der Waals surface area (Å²) in [6.45, 7) is 2.31. The molecular weight excluding hydrogens is 250 g/mol. The van der Waals surface area contributed by atoms with E-state index in [4.69, 9.17) is 19.3 Å². The molecule has 6 nitrogen and oxygen atoms in total. The van der Waals surface area contributed by atoms with Crippen molar-refractivity contribution >= 4 is 5.97 Å². The topological polar surface area (TPSA) is 68.2 Å². The third-order valence-corrected chi connectivity index (χ3v) is 3.17. The van der Waals surface area contributed by atoms with Crippen LogP contribution in [0.5, 0.6) is 17.2 Å². The number of hydrogen-bond acceptors (Lipinski definition) is 5. The van der Waals surface area contributed by atoms with E-state index in [2.05, 4.69) is 0 Å². The van der Waals surface area contributed by atoms with Crippen molar-refractivity contribution < 1.29 is 24.1 Å². The largest absolute Gasteiger partial charge is 0.493 e. The van der Waals surface area contributed by atoms with Crippen molar-refractivity contribution in [2.45, 2.75) is 19.5 Å². The van der Waals surface area contributed by atoms with E-state index < -0.39 is 12.0 Å². The van der Waals surface area contributed by atoms with Crippen LogP contribution in [-0.4, -0.2) is 43.0 Å². The third-order valence-electron chi connectivity index (χ3n) is 3.17. The van der Waals surface area contributed by atoms with Crippen LogP contribution < -0.4 is 14.2 Å². The molecule has 1 heterocycles. The Hall–Kier alpha value is -1.95. The normalized spacial score (nSPS) is 14.5. The second-order valence-electron chi connectivity index (χ2n) is 4.46. The van der Waals surface area contributed by atoms with Gasteiger partial charge in [0.2, 0.25) is 12.5 Å². The summed E-state index contributed by atoms with van der Waals surface area (Å²) >= 11 is 0. The zero-order chi connectivity index (χ0) is 14.0. The fourth-order valence-electron chi connectivity index (χ4n) is 1.89. The van der Waals surface area contributed by atoms with Gasteiger partial charge in [0.15, 0.2) is 11.5 Å². The first-order valence-electron chi connectivity index (χ1n) is 5.92. The number of ether oxygens (including phenoxy) is 3.